The molecule has 0 aromatic heterocycles. The van der Waals surface area contributed by atoms with Gasteiger partial charge < -0.3 is 35.4 Å². The molecule has 4 heterocycles. The molecule has 5 N–H and O–H groups in total. The number of rotatable bonds is 4. The number of thioether (sulfide) groups is 1. The second-order valence-corrected chi connectivity index (χ2v) is 12.8. The van der Waals surface area contributed by atoms with Crippen molar-refractivity contribution in [3.63, 3.8) is 0 Å². The predicted octanol–water partition coefficient (Wildman–Crippen LogP) is 1.82. The molecule has 0 unspecified atom stereocenters. The van der Waals surface area contributed by atoms with Crippen LogP contribution in [0, 0.1) is 23.7 Å². The molecule has 0 aromatic carbocycles. The summed E-state index contributed by atoms with van der Waals surface area (Å²) < 4.78 is 12.4. The number of ether oxygens (including phenoxy) is 2. The molecule has 11 atom stereocenters. The number of fused-ring (bicyclic) bond motifs is 3. The van der Waals surface area contributed by atoms with Crippen molar-refractivity contribution >= 4 is 17.7 Å². The average molecular weight is 527 g/mol. The van der Waals surface area contributed by atoms with Crippen molar-refractivity contribution in [3.8, 4) is 0 Å². The van der Waals surface area contributed by atoms with E-state index in [0.29, 0.717) is 24.4 Å². The van der Waals surface area contributed by atoms with Gasteiger partial charge in [0.2, 0.25) is 5.91 Å². The van der Waals surface area contributed by atoms with Gasteiger partial charge in [-0.3, -0.25) is 4.79 Å². The Morgan fingerprint density at radius 1 is 1.17 bits per heavy atom. The van der Waals surface area contributed by atoms with Crippen LogP contribution in [0.3, 0.4) is 0 Å². The summed E-state index contributed by atoms with van der Waals surface area (Å²) in [4.78, 5) is 13.6. The van der Waals surface area contributed by atoms with Crippen molar-refractivity contribution in [2.24, 2.45) is 23.7 Å². The Kier molecular flexibility index (Phi) is 10.2. The van der Waals surface area contributed by atoms with Gasteiger partial charge in [0.15, 0.2) is 0 Å². The molecule has 3 saturated heterocycles. The normalized spacial score (nSPS) is 44.2. The van der Waals surface area contributed by atoms with Crippen molar-refractivity contribution in [2.75, 3.05) is 18.9 Å². The fraction of sp³-hybridized carbons (Fsp3) is 0.889. The van der Waals surface area contributed by atoms with E-state index in [-0.39, 0.29) is 17.9 Å². The molecule has 4 aliphatic heterocycles. The zero-order valence-electron chi connectivity index (χ0n) is 21.9. The molecular formula is C27H46N2O6S. The standard InChI is InChI=1S/C27H46N2O6S/c1-15(2)12-17-9-10-34-24-18(13-17)14-28-20(24)26(33)29-19-16(3)8-6-4-5-7-11-36-27-23(32)21(30)22(31)25(19)35-27/h6,8,15-25,27-28,30-32H,4-5,7,9-14H2,1-3H3,(H,29,33)/t16-,17+,18+,19-,20+,21+,22-,23-,24-,25-,27-/m1/s1. The number of aliphatic hydroxyl groups excluding tert-OH is 3. The van der Waals surface area contributed by atoms with Gasteiger partial charge in [-0.15, -0.1) is 11.8 Å². The third kappa shape index (κ3) is 6.65. The minimum atomic E-state index is -1.34. The minimum Gasteiger partial charge on any atom is -0.388 e. The maximum atomic E-state index is 13.6. The van der Waals surface area contributed by atoms with Gasteiger partial charge in [-0.2, -0.15) is 0 Å². The van der Waals surface area contributed by atoms with Crippen molar-refractivity contribution < 1.29 is 29.6 Å². The predicted molar refractivity (Wildman–Crippen MR) is 140 cm³/mol. The lowest BCUT2D eigenvalue weighted by Crippen LogP contribution is -2.65. The number of nitrogens with one attached hydrogen (secondary N) is 2. The Balaban J connectivity index is 1.50. The maximum absolute atomic E-state index is 13.6. The number of hydrogen-bond acceptors (Lipinski definition) is 8. The lowest BCUT2D eigenvalue weighted by Gasteiger charge is -2.45. The molecule has 0 spiro atoms. The van der Waals surface area contributed by atoms with E-state index in [1.165, 1.54) is 18.2 Å². The summed E-state index contributed by atoms with van der Waals surface area (Å²) in [6.07, 6.45) is 5.57. The lowest BCUT2D eigenvalue weighted by molar-refractivity contribution is -0.207. The first-order valence-electron chi connectivity index (χ1n) is 13.9. The van der Waals surface area contributed by atoms with Crippen molar-refractivity contribution in [2.45, 2.75) is 107 Å². The Hall–Kier alpha value is -0.680. The summed E-state index contributed by atoms with van der Waals surface area (Å²) in [5.74, 6) is 2.06. The molecule has 0 aromatic rings. The molecule has 0 saturated carbocycles. The van der Waals surface area contributed by atoms with Gasteiger partial charge in [0.25, 0.3) is 0 Å². The minimum absolute atomic E-state index is 0.135. The Morgan fingerprint density at radius 2 is 1.97 bits per heavy atom. The van der Waals surface area contributed by atoms with Crippen LogP contribution < -0.4 is 10.6 Å². The summed E-state index contributed by atoms with van der Waals surface area (Å²) >= 11 is 1.46. The molecular weight excluding hydrogens is 480 g/mol. The van der Waals surface area contributed by atoms with E-state index in [2.05, 4.69) is 36.6 Å². The summed E-state index contributed by atoms with van der Waals surface area (Å²) in [6, 6.07) is -1.03. The third-order valence-corrected chi connectivity index (χ3v) is 9.52. The van der Waals surface area contributed by atoms with Crippen LogP contribution in [0.25, 0.3) is 0 Å². The van der Waals surface area contributed by atoms with Crippen molar-refractivity contribution in [1.29, 1.82) is 0 Å². The van der Waals surface area contributed by atoms with Gasteiger partial charge in [0.05, 0.1) is 12.1 Å². The summed E-state index contributed by atoms with van der Waals surface area (Å²) in [6.45, 7) is 7.92. The van der Waals surface area contributed by atoms with Crippen molar-refractivity contribution in [3.05, 3.63) is 12.2 Å². The lowest BCUT2D eigenvalue weighted by atomic mass is 9.85. The summed E-state index contributed by atoms with van der Waals surface area (Å²) in [7, 11) is 0. The largest absolute Gasteiger partial charge is 0.388 e. The van der Waals surface area contributed by atoms with E-state index >= 15 is 0 Å². The van der Waals surface area contributed by atoms with Gasteiger partial charge in [-0.1, -0.05) is 32.9 Å². The van der Waals surface area contributed by atoms with Crippen LogP contribution in [0.2, 0.25) is 0 Å². The fourth-order valence-electron chi connectivity index (χ4n) is 6.34. The molecule has 0 aliphatic carbocycles. The highest BCUT2D eigenvalue weighted by Crippen LogP contribution is 2.35. The van der Waals surface area contributed by atoms with Gasteiger partial charge in [0, 0.05) is 13.2 Å². The van der Waals surface area contributed by atoms with E-state index in [9.17, 15) is 20.1 Å². The quantitative estimate of drug-likeness (QED) is 0.352. The molecule has 206 valence electrons. The number of hydrogen-bond donors (Lipinski definition) is 5. The second-order valence-electron chi connectivity index (χ2n) is 11.6. The van der Waals surface area contributed by atoms with Crippen molar-refractivity contribution in [1.82, 2.24) is 10.6 Å². The topological polar surface area (TPSA) is 120 Å². The van der Waals surface area contributed by atoms with Crippen LogP contribution in [0.5, 0.6) is 0 Å². The SMILES string of the molecule is CC(C)C[C@@H]1CCO[C@@H]2[C@H](CN[C@@H]2C(=O)N[C@H]2[C@H]3O[C@H](SCCCCC=C[C@H]2C)[C@H](O)[C@@H](O)[C@H]3O)C1. The van der Waals surface area contributed by atoms with E-state index < -0.39 is 41.9 Å². The van der Waals surface area contributed by atoms with Gasteiger partial charge >= 0.3 is 0 Å². The number of aliphatic hydroxyl groups is 3. The molecule has 36 heavy (non-hydrogen) atoms. The first kappa shape index (κ1) is 28.3. The first-order valence-corrected chi connectivity index (χ1v) is 14.9. The molecule has 8 nitrogen and oxygen atoms in total. The Morgan fingerprint density at radius 3 is 2.75 bits per heavy atom. The van der Waals surface area contributed by atoms with Crippen LogP contribution in [0.1, 0.15) is 59.3 Å². The second kappa shape index (κ2) is 12.9. The fourth-order valence-corrected chi connectivity index (χ4v) is 7.51. The van der Waals surface area contributed by atoms with E-state index in [1.807, 2.05) is 6.92 Å². The zero-order valence-corrected chi connectivity index (χ0v) is 22.7. The van der Waals surface area contributed by atoms with Gasteiger partial charge in [-0.25, -0.2) is 0 Å². The summed E-state index contributed by atoms with van der Waals surface area (Å²) in [5.41, 5.74) is -0.652. The van der Waals surface area contributed by atoms with E-state index in [4.69, 9.17) is 9.47 Å². The van der Waals surface area contributed by atoms with Crippen LogP contribution in [-0.4, -0.2) is 88.2 Å². The third-order valence-electron chi connectivity index (χ3n) is 8.28. The number of carbonyl (C=O) groups is 1. The number of allylic oxidation sites excluding steroid dienone is 1. The highest BCUT2D eigenvalue weighted by molar-refractivity contribution is 7.99. The molecule has 4 aliphatic rings. The highest BCUT2D eigenvalue weighted by Gasteiger charge is 2.49. The highest BCUT2D eigenvalue weighted by atomic mass is 32.2. The van der Waals surface area contributed by atoms with Crippen LogP contribution >= 0.6 is 11.8 Å². The zero-order chi connectivity index (χ0) is 25.8. The molecule has 3 fully saturated rings. The van der Waals surface area contributed by atoms with Crippen LogP contribution in [0.4, 0.5) is 0 Å². The molecule has 2 bridgehead atoms. The molecule has 1 amide bonds. The van der Waals surface area contributed by atoms with Gasteiger partial charge in [-0.05, 0) is 67.9 Å². The Labute approximate surface area is 220 Å². The maximum Gasteiger partial charge on any atom is 0.240 e. The van der Waals surface area contributed by atoms with E-state index in [1.54, 1.807) is 0 Å². The monoisotopic (exact) mass is 526 g/mol. The smallest absolute Gasteiger partial charge is 0.240 e. The molecule has 4 rings (SSSR count). The van der Waals surface area contributed by atoms with E-state index in [0.717, 1.165) is 44.4 Å². The van der Waals surface area contributed by atoms with Gasteiger partial charge in [0.1, 0.15) is 35.9 Å². The van der Waals surface area contributed by atoms with Crippen LogP contribution in [-0.2, 0) is 14.3 Å². The van der Waals surface area contributed by atoms with Crippen LogP contribution in [0.15, 0.2) is 12.2 Å². The number of amides is 1. The first-order chi connectivity index (χ1) is 17.3. The Bertz CT molecular complexity index is 754. The number of carbonyl (C=O) groups excluding carboxylic acids is 1. The molecule has 0 radical (unpaired) electrons. The average Bonchev–Trinajstić information content (AvgIpc) is 3.12. The summed E-state index contributed by atoms with van der Waals surface area (Å²) in [5, 5.41) is 38.6. The molecule has 9 heteroatoms.